The van der Waals surface area contributed by atoms with E-state index < -0.39 is 0 Å². The van der Waals surface area contributed by atoms with Gasteiger partial charge >= 0.3 is 0 Å². The van der Waals surface area contributed by atoms with Crippen molar-refractivity contribution in [2.75, 3.05) is 13.1 Å². The lowest BCUT2D eigenvalue weighted by molar-refractivity contribution is 0.390. The fraction of sp³-hybridized carbons (Fsp3) is 0.750. The number of hydrogen-bond donors (Lipinski definition) is 2. The summed E-state index contributed by atoms with van der Waals surface area (Å²) in [7, 11) is 0. The highest BCUT2D eigenvalue weighted by molar-refractivity contribution is 4.81. The van der Waals surface area contributed by atoms with Crippen LogP contribution in [0.2, 0.25) is 0 Å². The third kappa shape index (κ3) is 7.50. The first-order valence-electron chi connectivity index (χ1n) is 3.84. The molecular weight excluding hydrogens is 126 g/mol. The number of unbranched alkanes of at least 4 members (excludes halogenated alkanes) is 2. The predicted molar refractivity (Wildman–Crippen MR) is 44.2 cm³/mol. The van der Waals surface area contributed by atoms with Crippen LogP contribution in [-0.4, -0.2) is 18.2 Å². The molecule has 0 saturated heterocycles. The van der Waals surface area contributed by atoms with Crippen LogP contribution in [0.5, 0.6) is 0 Å². The molecule has 0 atom stereocenters. The van der Waals surface area contributed by atoms with Crippen molar-refractivity contribution >= 4 is 0 Å². The number of aliphatic hydroxyl groups is 1. The van der Waals surface area contributed by atoms with Gasteiger partial charge in [0.1, 0.15) is 0 Å². The molecule has 2 N–H and O–H groups in total. The van der Waals surface area contributed by atoms with Crippen LogP contribution >= 0.6 is 0 Å². The van der Waals surface area contributed by atoms with Gasteiger partial charge in [0.05, 0.1) is 12.3 Å². The highest BCUT2D eigenvalue weighted by Crippen LogP contribution is 1.90. The topological polar surface area (TPSA) is 32.3 Å². The summed E-state index contributed by atoms with van der Waals surface area (Å²) in [5.41, 5.74) is 0. The minimum absolute atomic E-state index is 0.219. The summed E-state index contributed by atoms with van der Waals surface area (Å²) >= 11 is 0. The molecule has 0 spiro atoms. The van der Waals surface area contributed by atoms with E-state index in [0.717, 1.165) is 6.54 Å². The molecule has 0 aliphatic carbocycles. The Balaban J connectivity index is 2.84. The fourth-order valence-electron chi connectivity index (χ4n) is 0.733. The normalized spacial score (nSPS) is 9.70. The maximum absolute atomic E-state index is 8.65. The lowest BCUT2D eigenvalue weighted by Gasteiger charge is -2.01. The zero-order valence-electron chi connectivity index (χ0n) is 6.69. The molecule has 0 bridgehead atoms. The van der Waals surface area contributed by atoms with E-state index >= 15 is 0 Å². The molecule has 0 aliphatic rings. The second-order valence-corrected chi connectivity index (χ2v) is 2.45. The monoisotopic (exact) mass is 143 g/mol. The maximum Gasteiger partial charge on any atom is 0.0988 e. The molecule has 2 nitrogen and oxygen atoms in total. The summed E-state index contributed by atoms with van der Waals surface area (Å²) in [5.74, 6) is 0.219. The molecule has 0 aromatic rings. The summed E-state index contributed by atoms with van der Waals surface area (Å²) < 4.78 is 0. The van der Waals surface area contributed by atoms with E-state index in [1.165, 1.54) is 19.3 Å². The van der Waals surface area contributed by atoms with E-state index in [2.05, 4.69) is 18.8 Å². The van der Waals surface area contributed by atoms with Crippen LogP contribution in [0.4, 0.5) is 0 Å². The first kappa shape index (κ1) is 9.50. The lowest BCUT2D eigenvalue weighted by Crippen LogP contribution is -2.17. The highest BCUT2D eigenvalue weighted by atomic mass is 16.3. The van der Waals surface area contributed by atoms with Crippen molar-refractivity contribution in [2.45, 2.75) is 26.2 Å². The van der Waals surface area contributed by atoms with Gasteiger partial charge in [0.15, 0.2) is 0 Å². The molecule has 10 heavy (non-hydrogen) atoms. The Hall–Kier alpha value is -0.500. The molecule has 0 amide bonds. The zero-order chi connectivity index (χ0) is 7.82. The number of rotatable bonds is 6. The molecule has 0 rings (SSSR count). The van der Waals surface area contributed by atoms with Gasteiger partial charge in [-0.25, -0.2) is 0 Å². The van der Waals surface area contributed by atoms with Crippen molar-refractivity contribution in [1.29, 1.82) is 0 Å². The molecule has 0 aromatic heterocycles. The molecule has 0 unspecified atom stereocenters. The molecule has 0 aromatic carbocycles. The van der Waals surface area contributed by atoms with Crippen molar-refractivity contribution in [3.05, 3.63) is 12.3 Å². The van der Waals surface area contributed by atoms with Crippen LogP contribution < -0.4 is 5.32 Å². The molecule has 0 fully saturated rings. The molecule has 0 saturated carbocycles. The summed E-state index contributed by atoms with van der Waals surface area (Å²) in [6, 6.07) is 0. The first-order valence-corrected chi connectivity index (χ1v) is 3.84. The molecular formula is C8H17NO. The van der Waals surface area contributed by atoms with Gasteiger partial charge in [0, 0.05) is 0 Å². The van der Waals surface area contributed by atoms with Crippen LogP contribution in [0.15, 0.2) is 12.3 Å². The first-order chi connectivity index (χ1) is 4.77. The fourth-order valence-corrected chi connectivity index (χ4v) is 0.733. The average Bonchev–Trinajstić information content (AvgIpc) is 1.87. The molecule has 2 heteroatoms. The Labute approximate surface area is 62.9 Å². The minimum atomic E-state index is 0.219. The van der Waals surface area contributed by atoms with E-state index in [-0.39, 0.29) is 5.76 Å². The van der Waals surface area contributed by atoms with Gasteiger partial charge in [0.2, 0.25) is 0 Å². The summed E-state index contributed by atoms with van der Waals surface area (Å²) in [6.45, 7) is 7.05. The third-order valence-corrected chi connectivity index (χ3v) is 1.29. The van der Waals surface area contributed by atoms with Gasteiger partial charge in [-0.2, -0.15) is 0 Å². The van der Waals surface area contributed by atoms with Crippen molar-refractivity contribution in [2.24, 2.45) is 0 Å². The van der Waals surface area contributed by atoms with Crippen molar-refractivity contribution in [3.63, 3.8) is 0 Å². The maximum atomic E-state index is 8.65. The second-order valence-electron chi connectivity index (χ2n) is 2.45. The molecule has 60 valence electrons. The summed E-state index contributed by atoms with van der Waals surface area (Å²) in [5, 5.41) is 11.7. The summed E-state index contributed by atoms with van der Waals surface area (Å²) in [4.78, 5) is 0. The predicted octanol–water partition coefficient (Wildman–Crippen LogP) is 1.84. The molecule has 0 radical (unpaired) electrons. The largest absolute Gasteiger partial charge is 0.512 e. The number of nitrogens with one attached hydrogen (secondary N) is 1. The van der Waals surface area contributed by atoms with Gasteiger partial charge in [-0.05, 0) is 13.0 Å². The van der Waals surface area contributed by atoms with E-state index in [1.54, 1.807) is 0 Å². The Kier molecular flexibility index (Phi) is 6.29. The zero-order valence-corrected chi connectivity index (χ0v) is 6.69. The third-order valence-electron chi connectivity index (χ3n) is 1.29. The molecule has 0 aliphatic heterocycles. The minimum Gasteiger partial charge on any atom is -0.512 e. The Morgan fingerprint density at radius 3 is 2.70 bits per heavy atom. The standard InChI is InChI=1S/C8H17NO/c1-3-4-5-6-9-7-8(2)10/h9-10H,2-7H2,1H3. The van der Waals surface area contributed by atoms with Crippen LogP contribution in [-0.2, 0) is 0 Å². The lowest BCUT2D eigenvalue weighted by atomic mass is 10.2. The van der Waals surface area contributed by atoms with Crippen LogP contribution in [0, 0.1) is 0 Å². The van der Waals surface area contributed by atoms with E-state index in [0.29, 0.717) is 6.54 Å². The molecule has 0 heterocycles. The van der Waals surface area contributed by atoms with Crippen molar-refractivity contribution < 1.29 is 5.11 Å². The smallest absolute Gasteiger partial charge is 0.0988 e. The van der Waals surface area contributed by atoms with Crippen LogP contribution in [0.1, 0.15) is 26.2 Å². The number of aliphatic hydroxyl groups excluding tert-OH is 1. The van der Waals surface area contributed by atoms with E-state index in [4.69, 9.17) is 5.11 Å². The highest BCUT2D eigenvalue weighted by Gasteiger charge is 1.87. The van der Waals surface area contributed by atoms with Gasteiger partial charge in [-0.1, -0.05) is 26.3 Å². The van der Waals surface area contributed by atoms with Gasteiger partial charge < -0.3 is 10.4 Å². The van der Waals surface area contributed by atoms with Crippen molar-refractivity contribution in [1.82, 2.24) is 5.32 Å². The quantitative estimate of drug-likeness (QED) is 0.439. The SMILES string of the molecule is C=C(O)CNCCCCC. The van der Waals surface area contributed by atoms with Gasteiger partial charge in [-0.3, -0.25) is 0 Å². The van der Waals surface area contributed by atoms with E-state index in [1.807, 2.05) is 0 Å². The van der Waals surface area contributed by atoms with Gasteiger partial charge in [0.25, 0.3) is 0 Å². The Bertz CT molecular complexity index is 91.3. The van der Waals surface area contributed by atoms with Crippen LogP contribution in [0.3, 0.4) is 0 Å². The van der Waals surface area contributed by atoms with Gasteiger partial charge in [-0.15, -0.1) is 0 Å². The van der Waals surface area contributed by atoms with Crippen molar-refractivity contribution in [3.8, 4) is 0 Å². The number of hydrogen-bond acceptors (Lipinski definition) is 2. The second kappa shape index (κ2) is 6.62. The summed E-state index contributed by atoms with van der Waals surface area (Å²) in [6.07, 6.45) is 3.68. The Morgan fingerprint density at radius 1 is 1.50 bits per heavy atom. The Morgan fingerprint density at radius 2 is 2.20 bits per heavy atom. The van der Waals surface area contributed by atoms with Crippen LogP contribution in [0.25, 0.3) is 0 Å². The average molecular weight is 143 g/mol. The van der Waals surface area contributed by atoms with E-state index in [9.17, 15) is 0 Å².